The molecule has 2 aromatic carbocycles. The first kappa shape index (κ1) is 24.0. The largest absolute Gasteiger partial charge is 0.507 e. The summed E-state index contributed by atoms with van der Waals surface area (Å²) >= 11 is 0. The standard InChI is InChI=1S/C28H36O4/c1-3-5-7-9-11-13-19-15-17-21-23(25(19)29)28(32)24-22(27(21)31)18-16-20(26(24)30)14-12-10-8-6-4-2/h15-18,29-30H,3-14H2,1-2H3. The second-order valence-corrected chi connectivity index (χ2v) is 8.98. The van der Waals surface area contributed by atoms with Crippen molar-refractivity contribution in [1.82, 2.24) is 0 Å². The summed E-state index contributed by atoms with van der Waals surface area (Å²) in [7, 11) is 0. The molecule has 172 valence electrons. The van der Waals surface area contributed by atoms with Crippen molar-refractivity contribution in [1.29, 1.82) is 0 Å². The van der Waals surface area contributed by atoms with E-state index in [1.807, 2.05) is 0 Å². The minimum Gasteiger partial charge on any atom is -0.507 e. The Morgan fingerprint density at radius 2 is 0.969 bits per heavy atom. The van der Waals surface area contributed by atoms with Gasteiger partial charge in [-0.05, 0) is 48.9 Å². The van der Waals surface area contributed by atoms with Crippen LogP contribution < -0.4 is 0 Å². The van der Waals surface area contributed by atoms with Gasteiger partial charge in [-0.25, -0.2) is 0 Å². The van der Waals surface area contributed by atoms with E-state index in [0.29, 0.717) is 24.0 Å². The van der Waals surface area contributed by atoms with Crippen LogP contribution in [-0.4, -0.2) is 21.8 Å². The summed E-state index contributed by atoms with van der Waals surface area (Å²) in [6, 6.07) is 6.82. The van der Waals surface area contributed by atoms with E-state index < -0.39 is 5.78 Å². The highest BCUT2D eigenvalue weighted by molar-refractivity contribution is 6.30. The number of phenols is 2. The van der Waals surface area contributed by atoms with Crippen LogP contribution in [0.5, 0.6) is 11.5 Å². The molecular weight excluding hydrogens is 400 g/mol. The minimum atomic E-state index is -0.453. The molecule has 0 spiro atoms. The predicted octanol–water partition coefficient (Wildman–Crippen LogP) is 6.90. The Labute approximate surface area is 191 Å². The zero-order chi connectivity index (χ0) is 23.1. The number of hydrogen-bond donors (Lipinski definition) is 2. The van der Waals surface area contributed by atoms with Gasteiger partial charge >= 0.3 is 0 Å². The number of carbonyl (C=O) groups is 2. The van der Waals surface area contributed by atoms with E-state index in [0.717, 1.165) is 38.5 Å². The fourth-order valence-corrected chi connectivity index (χ4v) is 4.62. The Kier molecular flexibility index (Phi) is 8.49. The summed E-state index contributed by atoms with van der Waals surface area (Å²) in [4.78, 5) is 26.4. The van der Waals surface area contributed by atoms with Crippen molar-refractivity contribution in [3.8, 4) is 11.5 Å². The molecule has 0 unspecified atom stereocenters. The minimum absolute atomic E-state index is 0.0453. The molecule has 0 aromatic heterocycles. The smallest absolute Gasteiger partial charge is 0.201 e. The number of ketones is 2. The van der Waals surface area contributed by atoms with Crippen molar-refractivity contribution in [2.75, 3.05) is 0 Å². The second-order valence-electron chi connectivity index (χ2n) is 8.98. The highest BCUT2D eigenvalue weighted by atomic mass is 16.3. The number of hydrogen-bond acceptors (Lipinski definition) is 4. The zero-order valence-corrected chi connectivity index (χ0v) is 19.5. The number of aromatic hydroxyl groups is 2. The summed E-state index contributed by atoms with van der Waals surface area (Å²) in [5.41, 5.74) is 1.92. The molecule has 0 amide bonds. The van der Waals surface area contributed by atoms with Gasteiger partial charge in [0.15, 0.2) is 5.78 Å². The summed E-state index contributed by atoms with van der Waals surface area (Å²) < 4.78 is 0. The zero-order valence-electron chi connectivity index (χ0n) is 19.5. The monoisotopic (exact) mass is 436 g/mol. The van der Waals surface area contributed by atoms with E-state index in [9.17, 15) is 19.8 Å². The average molecular weight is 437 g/mol. The first-order valence-corrected chi connectivity index (χ1v) is 12.3. The Hall–Kier alpha value is -2.62. The molecule has 4 nitrogen and oxygen atoms in total. The Morgan fingerprint density at radius 3 is 1.38 bits per heavy atom. The van der Waals surface area contributed by atoms with Crippen LogP contribution in [-0.2, 0) is 12.8 Å². The van der Waals surface area contributed by atoms with Crippen LogP contribution in [0, 0.1) is 0 Å². The lowest BCUT2D eigenvalue weighted by Gasteiger charge is -2.22. The summed E-state index contributed by atoms with van der Waals surface area (Å²) in [6.07, 6.45) is 12.4. The van der Waals surface area contributed by atoms with Crippen LogP contribution in [0.2, 0.25) is 0 Å². The third-order valence-electron chi connectivity index (χ3n) is 6.57. The molecule has 1 aliphatic carbocycles. The normalized spacial score (nSPS) is 12.7. The molecule has 0 fully saturated rings. The average Bonchev–Trinajstić information content (AvgIpc) is 2.78. The number of unbranched alkanes of at least 4 members (excludes halogenated alkanes) is 8. The van der Waals surface area contributed by atoms with Gasteiger partial charge in [-0.1, -0.05) is 77.3 Å². The SMILES string of the molecule is CCCCCCCc1ccc2c(c1O)C(=O)c1c(ccc(CCCCCCC)c1O)C2=O. The van der Waals surface area contributed by atoms with Gasteiger partial charge in [0.05, 0.1) is 11.1 Å². The van der Waals surface area contributed by atoms with E-state index in [-0.39, 0.29) is 39.5 Å². The fraction of sp³-hybridized carbons (Fsp3) is 0.500. The van der Waals surface area contributed by atoms with E-state index >= 15 is 0 Å². The number of fused-ring (bicyclic) bond motifs is 2. The molecule has 0 bridgehead atoms. The number of carbonyl (C=O) groups excluding carboxylic acids is 2. The van der Waals surface area contributed by atoms with Gasteiger partial charge in [-0.3, -0.25) is 9.59 Å². The highest BCUT2D eigenvalue weighted by Crippen LogP contribution is 2.40. The van der Waals surface area contributed by atoms with E-state index in [1.165, 1.54) is 25.7 Å². The summed E-state index contributed by atoms with van der Waals surface area (Å²) in [5, 5.41) is 21.8. The van der Waals surface area contributed by atoms with Crippen molar-refractivity contribution in [2.45, 2.75) is 90.9 Å². The third kappa shape index (κ3) is 5.06. The van der Waals surface area contributed by atoms with Crippen molar-refractivity contribution in [3.63, 3.8) is 0 Å². The van der Waals surface area contributed by atoms with Crippen LogP contribution in [0.25, 0.3) is 0 Å². The number of phenolic OH excluding ortho intramolecular Hbond substituents is 2. The van der Waals surface area contributed by atoms with Gasteiger partial charge in [-0.15, -0.1) is 0 Å². The molecule has 2 aromatic rings. The molecule has 0 heterocycles. The molecule has 4 heteroatoms. The predicted molar refractivity (Wildman–Crippen MR) is 128 cm³/mol. The number of rotatable bonds is 12. The maximum Gasteiger partial charge on any atom is 0.201 e. The lowest BCUT2D eigenvalue weighted by molar-refractivity contribution is 0.0974. The van der Waals surface area contributed by atoms with E-state index in [4.69, 9.17) is 0 Å². The summed E-state index contributed by atoms with van der Waals surface area (Å²) in [5.74, 6) is -0.979. The van der Waals surface area contributed by atoms with Crippen molar-refractivity contribution in [2.24, 2.45) is 0 Å². The first-order chi connectivity index (χ1) is 15.5. The highest BCUT2D eigenvalue weighted by Gasteiger charge is 2.35. The van der Waals surface area contributed by atoms with Crippen LogP contribution >= 0.6 is 0 Å². The molecule has 32 heavy (non-hydrogen) atoms. The number of aryl methyl sites for hydroxylation is 2. The lowest BCUT2D eigenvalue weighted by atomic mass is 9.80. The Balaban J connectivity index is 1.83. The molecular formula is C28H36O4. The molecule has 0 radical (unpaired) electrons. The molecule has 3 rings (SSSR count). The van der Waals surface area contributed by atoms with Crippen LogP contribution in [0.15, 0.2) is 24.3 Å². The quantitative estimate of drug-likeness (QED) is 0.303. The topological polar surface area (TPSA) is 74.6 Å². The number of benzene rings is 2. The molecule has 2 N–H and O–H groups in total. The van der Waals surface area contributed by atoms with Crippen LogP contribution in [0.3, 0.4) is 0 Å². The van der Waals surface area contributed by atoms with Crippen molar-refractivity contribution in [3.05, 3.63) is 57.6 Å². The Bertz CT molecular complexity index is 898. The van der Waals surface area contributed by atoms with Gasteiger partial charge in [0, 0.05) is 11.1 Å². The maximum atomic E-state index is 13.4. The van der Waals surface area contributed by atoms with Crippen LogP contribution in [0.1, 0.15) is 121 Å². The maximum absolute atomic E-state index is 13.4. The molecule has 0 aliphatic heterocycles. The molecule has 0 saturated heterocycles. The third-order valence-corrected chi connectivity index (χ3v) is 6.57. The molecule has 1 aliphatic rings. The Morgan fingerprint density at radius 1 is 0.562 bits per heavy atom. The molecule has 0 atom stereocenters. The first-order valence-electron chi connectivity index (χ1n) is 12.3. The van der Waals surface area contributed by atoms with Crippen LogP contribution in [0.4, 0.5) is 0 Å². The van der Waals surface area contributed by atoms with E-state index in [2.05, 4.69) is 13.8 Å². The van der Waals surface area contributed by atoms with Gasteiger partial charge in [-0.2, -0.15) is 0 Å². The van der Waals surface area contributed by atoms with Gasteiger partial charge < -0.3 is 10.2 Å². The van der Waals surface area contributed by atoms with Crippen molar-refractivity contribution < 1.29 is 19.8 Å². The van der Waals surface area contributed by atoms with Crippen molar-refractivity contribution >= 4 is 11.6 Å². The fourth-order valence-electron chi connectivity index (χ4n) is 4.62. The summed E-state index contributed by atoms with van der Waals surface area (Å²) in [6.45, 7) is 4.34. The lowest BCUT2D eigenvalue weighted by Crippen LogP contribution is -2.22. The van der Waals surface area contributed by atoms with E-state index in [1.54, 1.807) is 24.3 Å². The van der Waals surface area contributed by atoms with Gasteiger partial charge in [0.25, 0.3) is 0 Å². The van der Waals surface area contributed by atoms with Gasteiger partial charge in [0.2, 0.25) is 5.78 Å². The molecule has 0 saturated carbocycles. The second kappa shape index (κ2) is 11.3. The van der Waals surface area contributed by atoms with Gasteiger partial charge in [0.1, 0.15) is 11.5 Å².